The maximum atomic E-state index is 13.9. The van der Waals surface area contributed by atoms with Crippen LogP contribution in [-0.4, -0.2) is 74.7 Å². The van der Waals surface area contributed by atoms with Crippen LogP contribution in [0, 0.1) is 5.82 Å². The lowest BCUT2D eigenvalue weighted by molar-refractivity contribution is 0.0694. The maximum Gasteiger partial charge on any atom is 0.281 e. The Kier molecular flexibility index (Phi) is 5.79. The van der Waals surface area contributed by atoms with Gasteiger partial charge in [0.05, 0.1) is 6.61 Å². The lowest BCUT2D eigenvalue weighted by atomic mass is 10.1. The first-order valence-electron chi connectivity index (χ1n) is 7.66. The molecule has 24 heavy (non-hydrogen) atoms. The lowest BCUT2D eigenvalue weighted by Gasteiger charge is -2.35. The highest BCUT2D eigenvalue weighted by Crippen LogP contribution is 2.20. The molecular weight excluding hydrogens is 337 g/mol. The molecule has 0 N–H and O–H groups in total. The van der Waals surface area contributed by atoms with Crippen molar-refractivity contribution in [3.63, 3.8) is 0 Å². The van der Waals surface area contributed by atoms with Crippen molar-refractivity contribution >= 4 is 16.1 Å². The normalized spacial score (nSPS) is 16.5. The van der Waals surface area contributed by atoms with E-state index >= 15 is 0 Å². The zero-order valence-electron chi connectivity index (χ0n) is 14.0. The summed E-state index contributed by atoms with van der Waals surface area (Å²) in [5.41, 5.74) is 0.222. The molecule has 1 aromatic rings. The second-order valence-corrected chi connectivity index (χ2v) is 7.70. The van der Waals surface area contributed by atoms with Crippen LogP contribution >= 0.6 is 0 Å². The second-order valence-electron chi connectivity index (χ2n) is 5.56. The predicted molar refractivity (Wildman–Crippen MR) is 87.7 cm³/mol. The Bertz CT molecular complexity index is 701. The van der Waals surface area contributed by atoms with Gasteiger partial charge < -0.3 is 9.64 Å². The first-order valence-corrected chi connectivity index (χ1v) is 9.06. The van der Waals surface area contributed by atoms with Crippen LogP contribution in [0.1, 0.15) is 17.3 Å². The van der Waals surface area contributed by atoms with E-state index in [-0.39, 0.29) is 43.4 Å². The van der Waals surface area contributed by atoms with Gasteiger partial charge in [-0.1, -0.05) is 0 Å². The van der Waals surface area contributed by atoms with Crippen molar-refractivity contribution in [2.24, 2.45) is 0 Å². The van der Waals surface area contributed by atoms with Gasteiger partial charge in [0.2, 0.25) is 0 Å². The van der Waals surface area contributed by atoms with Crippen LogP contribution in [-0.2, 0) is 10.2 Å². The van der Waals surface area contributed by atoms with Crippen molar-refractivity contribution in [1.29, 1.82) is 0 Å². The van der Waals surface area contributed by atoms with Gasteiger partial charge in [0, 0.05) is 45.8 Å². The van der Waals surface area contributed by atoms with Crippen LogP contribution < -0.4 is 4.74 Å². The van der Waals surface area contributed by atoms with Crippen LogP contribution in [0.2, 0.25) is 0 Å². The Labute approximate surface area is 141 Å². The van der Waals surface area contributed by atoms with Crippen LogP contribution in [0.5, 0.6) is 5.75 Å². The minimum Gasteiger partial charge on any atom is -0.491 e. The quantitative estimate of drug-likeness (QED) is 0.779. The van der Waals surface area contributed by atoms with E-state index in [2.05, 4.69) is 0 Å². The number of hydrogen-bond acceptors (Lipinski definition) is 4. The summed E-state index contributed by atoms with van der Waals surface area (Å²) >= 11 is 0. The van der Waals surface area contributed by atoms with Crippen molar-refractivity contribution in [2.75, 3.05) is 46.9 Å². The van der Waals surface area contributed by atoms with Gasteiger partial charge in [-0.15, -0.1) is 0 Å². The van der Waals surface area contributed by atoms with E-state index in [0.29, 0.717) is 6.61 Å². The molecular formula is C15H22FN3O4S. The van der Waals surface area contributed by atoms with Gasteiger partial charge >= 0.3 is 0 Å². The molecule has 7 nitrogen and oxygen atoms in total. The van der Waals surface area contributed by atoms with Gasteiger partial charge in [-0.05, 0) is 25.1 Å². The average Bonchev–Trinajstić information content (AvgIpc) is 2.56. The Morgan fingerprint density at radius 2 is 1.88 bits per heavy atom. The summed E-state index contributed by atoms with van der Waals surface area (Å²) in [7, 11) is -0.545. The van der Waals surface area contributed by atoms with E-state index in [0.717, 1.165) is 10.4 Å². The fraction of sp³-hybridized carbons (Fsp3) is 0.533. The van der Waals surface area contributed by atoms with Gasteiger partial charge in [-0.2, -0.15) is 17.0 Å². The molecule has 1 saturated heterocycles. The summed E-state index contributed by atoms with van der Waals surface area (Å²) in [6, 6.07) is 4.09. The first-order chi connectivity index (χ1) is 11.3. The van der Waals surface area contributed by atoms with Crippen molar-refractivity contribution in [3.8, 4) is 5.75 Å². The molecule has 1 aromatic carbocycles. The number of rotatable bonds is 5. The number of halogens is 1. The largest absolute Gasteiger partial charge is 0.491 e. The Morgan fingerprint density at radius 1 is 1.25 bits per heavy atom. The SMILES string of the molecule is CCOc1ccc(C(=O)N2CCN(S(=O)(=O)N(C)C)CC2)cc1F. The summed E-state index contributed by atoms with van der Waals surface area (Å²) in [6.07, 6.45) is 0. The van der Waals surface area contributed by atoms with Gasteiger partial charge in [0.1, 0.15) is 0 Å². The van der Waals surface area contributed by atoms with Crippen molar-refractivity contribution in [3.05, 3.63) is 29.6 Å². The van der Waals surface area contributed by atoms with E-state index in [9.17, 15) is 17.6 Å². The van der Waals surface area contributed by atoms with Crippen LogP contribution in [0.15, 0.2) is 18.2 Å². The molecule has 1 heterocycles. The Morgan fingerprint density at radius 3 is 2.38 bits per heavy atom. The maximum absolute atomic E-state index is 13.9. The zero-order chi connectivity index (χ0) is 17.9. The molecule has 0 bridgehead atoms. The minimum atomic E-state index is -3.48. The molecule has 0 saturated carbocycles. The van der Waals surface area contributed by atoms with Crippen molar-refractivity contribution < 1.29 is 22.3 Å². The van der Waals surface area contributed by atoms with E-state index in [4.69, 9.17) is 4.74 Å². The third-order valence-corrected chi connectivity index (χ3v) is 5.73. The van der Waals surface area contributed by atoms with Crippen LogP contribution in [0.25, 0.3) is 0 Å². The molecule has 0 aromatic heterocycles. The zero-order valence-corrected chi connectivity index (χ0v) is 14.8. The molecule has 134 valence electrons. The number of carbonyl (C=O) groups is 1. The van der Waals surface area contributed by atoms with Crippen molar-refractivity contribution in [1.82, 2.24) is 13.5 Å². The molecule has 0 radical (unpaired) electrons. The van der Waals surface area contributed by atoms with Gasteiger partial charge in [-0.25, -0.2) is 4.39 Å². The molecule has 0 aliphatic carbocycles. The molecule has 0 spiro atoms. The fourth-order valence-corrected chi connectivity index (χ4v) is 3.53. The molecule has 0 atom stereocenters. The topological polar surface area (TPSA) is 70.2 Å². The van der Waals surface area contributed by atoms with Gasteiger partial charge in [0.25, 0.3) is 16.1 Å². The fourth-order valence-electron chi connectivity index (χ4n) is 2.44. The second kappa shape index (κ2) is 7.45. The third-order valence-electron chi connectivity index (χ3n) is 3.79. The number of ether oxygens (including phenoxy) is 1. The Hall–Kier alpha value is -1.71. The molecule has 1 aliphatic rings. The number of amides is 1. The summed E-state index contributed by atoms with van der Waals surface area (Å²) in [5, 5.41) is 0. The number of nitrogens with zero attached hydrogens (tertiary/aromatic N) is 3. The van der Waals surface area contributed by atoms with Crippen LogP contribution in [0.3, 0.4) is 0 Å². The third kappa shape index (κ3) is 3.85. The van der Waals surface area contributed by atoms with E-state index in [1.807, 2.05) is 0 Å². The average molecular weight is 359 g/mol. The first kappa shape index (κ1) is 18.6. The van der Waals surface area contributed by atoms with E-state index in [1.54, 1.807) is 6.92 Å². The predicted octanol–water partition coefficient (Wildman–Crippen LogP) is 0.789. The monoisotopic (exact) mass is 359 g/mol. The summed E-state index contributed by atoms with van der Waals surface area (Å²) in [6.45, 7) is 3.05. The van der Waals surface area contributed by atoms with E-state index in [1.165, 1.54) is 35.4 Å². The highest BCUT2D eigenvalue weighted by molar-refractivity contribution is 7.86. The molecule has 1 amide bonds. The molecule has 9 heteroatoms. The van der Waals surface area contributed by atoms with E-state index < -0.39 is 16.0 Å². The number of hydrogen-bond donors (Lipinski definition) is 0. The highest BCUT2D eigenvalue weighted by Gasteiger charge is 2.30. The number of benzene rings is 1. The van der Waals surface area contributed by atoms with Crippen LogP contribution in [0.4, 0.5) is 4.39 Å². The lowest BCUT2D eigenvalue weighted by Crippen LogP contribution is -2.53. The number of carbonyl (C=O) groups excluding carboxylic acids is 1. The molecule has 1 aliphatic heterocycles. The van der Waals surface area contributed by atoms with Crippen molar-refractivity contribution in [2.45, 2.75) is 6.92 Å². The molecule has 1 fully saturated rings. The smallest absolute Gasteiger partial charge is 0.281 e. The highest BCUT2D eigenvalue weighted by atomic mass is 32.2. The summed E-state index contributed by atoms with van der Waals surface area (Å²) < 4.78 is 45.6. The van der Waals surface area contributed by atoms with Gasteiger partial charge in [0.15, 0.2) is 11.6 Å². The summed E-state index contributed by atoms with van der Waals surface area (Å²) in [4.78, 5) is 14.0. The minimum absolute atomic E-state index is 0.107. The summed E-state index contributed by atoms with van der Waals surface area (Å²) in [5.74, 6) is -0.800. The van der Waals surface area contributed by atoms with Gasteiger partial charge in [-0.3, -0.25) is 4.79 Å². The Balaban J connectivity index is 2.04. The number of piperazine rings is 1. The standard InChI is InChI=1S/C15H22FN3O4S/c1-4-23-14-6-5-12(11-13(14)16)15(20)18-7-9-19(10-8-18)24(21,22)17(2)3/h5-6,11H,4,7-10H2,1-3H3. The molecule has 0 unspecified atom stereocenters. The molecule has 2 rings (SSSR count).